The lowest BCUT2D eigenvalue weighted by molar-refractivity contribution is 0.129. The van der Waals surface area contributed by atoms with Gasteiger partial charge in [-0.15, -0.1) is 0 Å². The number of unbranched alkanes of at least 4 members (excludes halogenated alkanes) is 1. The highest BCUT2D eigenvalue weighted by Gasteiger charge is 2.27. The monoisotopic (exact) mass is 396 g/mol. The standard InChI is InChI=1S/C19H32N4O3S/c1-3-4-13-26-14-5-12-21-19(20-2)22-15-16-6-10-18(11-7-16)27(24,25)23-17-8-9-17/h6-7,10-11,17,23H,3-5,8-9,12-15H2,1-2H3,(H2,20,21,22). The van der Waals surface area contributed by atoms with Crippen molar-refractivity contribution < 1.29 is 13.2 Å². The van der Waals surface area contributed by atoms with Gasteiger partial charge in [-0.2, -0.15) is 0 Å². The van der Waals surface area contributed by atoms with Gasteiger partial charge in [-0.25, -0.2) is 13.1 Å². The normalized spacial score (nSPS) is 15.0. The van der Waals surface area contributed by atoms with Crippen molar-refractivity contribution in [3.05, 3.63) is 29.8 Å². The van der Waals surface area contributed by atoms with Crippen LogP contribution in [0.3, 0.4) is 0 Å². The van der Waals surface area contributed by atoms with E-state index in [1.165, 1.54) is 0 Å². The zero-order valence-electron chi connectivity index (χ0n) is 16.3. The molecule has 0 spiro atoms. The van der Waals surface area contributed by atoms with Crippen LogP contribution >= 0.6 is 0 Å². The molecular weight excluding hydrogens is 364 g/mol. The van der Waals surface area contributed by atoms with Crippen molar-refractivity contribution in [3.63, 3.8) is 0 Å². The maximum atomic E-state index is 12.2. The fourth-order valence-corrected chi connectivity index (χ4v) is 3.72. The Balaban J connectivity index is 1.69. The van der Waals surface area contributed by atoms with Gasteiger partial charge in [-0.05, 0) is 43.4 Å². The third kappa shape index (κ3) is 8.28. The second kappa shape index (κ2) is 11.3. The minimum absolute atomic E-state index is 0.114. The fraction of sp³-hybridized carbons (Fsp3) is 0.632. The number of nitrogens with one attached hydrogen (secondary N) is 3. The van der Waals surface area contributed by atoms with E-state index in [0.717, 1.165) is 63.4 Å². The van der Waals surface area contributed by atoms with Crippen molar-refractivity contribution in [1.82, 2.24) is 15.4 Å². The van der Waals surface area contributed by atoms with E-state index >= 15 is 0 Å². The lowest BCUT2D eigenvalue weighted by atomic mass is 10.2. The molecule has 1 fully saturated rings. The van der Waals surface area contributed by atoms with Gasteiger partial charge in [0.1, 0.15) is 0 Å². The summed E-state index contributed by atoms with van der Waals surface area (Å²) >= 11 is 0. The Hall–Kier alpha value is -1.64. The van der Waals surface area contributed by atoms with Crippen LogP contribution in [-0.4, -0.2) is 47.2 Å². The number of aliphatic imine (C=N–C) groups is 1. The summed E-state index contributed by atoms with van der Waals surface area (Å²) in [5, 5.41) is 6.48. The summed E-state index contributed by atoms with van der Waals surface area (Å²) in [4.78, 5) is 4.50. The molecule has 27 heavy (non-hydrogen) atoms. The Morgan fingerprint density at radius 2 is 1.85 bits per heavy atom. The number of sulfonamides is 1. The Morgan fingerprint density at radius 1 is 1.15 bits per heavy atom. The number of guanidine groups is 1. The second-order valence-corrected chi connectivity index (χ2v) is 8.43. The van der Waals surface area contributed by atoms with E-state index in [1.54, 1.807) is 19.2 Å². The van der Waals surface area contributed by atoms with E-state index in [9.17, 15) is 8.42 Å². The molecule has 8 heteroatoms. The van der Waals surface area contributed by atoms with E-state index in [-0.39, 0.29) is 6.04 Å². The lowest BCUT2D eigenvalue weighted by Crippen LogP contribution is -2.37. The van der Waals surface area contributed by atoms with Crippen molar-refractivity contribution >= 4 is 16.0 Å². The molecule has 0 saturated heterocycles. The van der Waals surface area contributed by atoms with E-state index < -0.39 is 10.0 Å². The second-order valence-electron chi connectivity index (χ2n) is 6.71. The Labute approximate surface area is 163 Å². The molecule has 1 aromatic carbocycles. The summed E-state index contributed by atoms with van der Waals surface area (Å²) in [5.74, 6) is 0.718. The molecule has 0 aliphatic heterocycles. The summed E-state index contributed by atoms with van der Waals surface area (Å²) < 4.78 is 32.6. The van der Waals surface area contributed by atoms with E-state index in [4.69, 9.17) is 4.74 Å². The quantitative estimate of drug-likeness (QED) is 0.286. The molecule has 0 unspecified atom stereocenters. The summed E-state index contributed by atoms with van der Waals surface area (Å²) in [5.41, 5.74) is 0.992. The molecule has 1 aliphatic rings. The number of rotatable bonds is 12. The van der Waals surface area contributed by atoms with Crippen LogP contribution in [0.25, 0.3) is 0 Å². The Bertz CT molecular complexity index is 685. The average Bonchev–Trinajstić information content (AvgIpc) is 3.47. The predicted octanol–water partition coefficient (Wildman–Crippen LogP) is 2.00. The third-order valence-electron chi connectivity index (χ3n) is 4.22. The highest BCUT2D eigenvalue weighted by atomic mass is 32.2. The first-order valence-electron chi connectivity index (χ1n) is 9.68. The van der Waals surface area contributed by atoms with Crippen LogP contribution in [0.1, 0.15) is 44.6 Å². The number of ether oxygens (including phenoxy) is 1. The first-order valence-corrected chi connectivity index (χ1v) is 11.2. The Kier molecular flexibility index (Phi) is 9.03. The number of hydrogen-bond donors (Lipinski definition) is 3. The number of benzene rings is 1. The van der Waals surface area contributed by atoms with Gasteiger partial charge in [-0.3, -0.25) is 4.99 Å². The van der Waals surface area contributed by atoms with Crippen molar-refractivity contribution in [1.29, 1.82) is 0 Å². The highest BCUT2D eigenvalue weighted by Crippen LogP contribution is 2.22. The van der Waals surface area contributed by atoms with Gasteiger partial charge in [0.05, 0.1) is 4.90 Å². The van der Waals surface area contributed by atoms with Gasteiger partial charge in [0, 0.05) is 39.4 Å². The Morgan fingerprint density at radius 3 is 2.48 bits per heavy atom. The SMILES string of the molecule is CCCCOCCCNC(=NC)NCc1ccc(S(=O)(=O)NC2CC2)cc1. The first-order chi connectivity index (χ1) is 13.0. The van der Waals surface area contributed by atoms with E-state index in [0.29, 0.717) is 11.4 Å². The molecular formula is C19H32N4O3S. The molecule has 0 atom stereocenters. The maximum Gasteiger partial charge on any atom is 0.240 e. The molecule has 0 radical (unpaired) electrons. The summed E-state index contributed by atoms with van der Waals surface area (Å²) in [7, 11) is -1.66. The third-order valence-corrected chi connectivity index (χ3v) is 5.75. The minimum Gasteiger partial charge on any atom is -0.381 e. The fourth-order valence-electron chi connectivity index (χ4n) is 2.41. The largest absolute Gasteiger partial charge is 0.381 e. The summed E-state index contributed by atoms with van der Waals surface area (Å²) in [6.07, 6.45) is 5.04. The average molecular weight is 397 g/mol. The van der Waals surface area contributed by atoms with Crippen LogP contribution < -0.4 is 15.4 Å². The molecule has 0 amide bonds. The number of hydrogen-bond acceptors (Lipinski definition) is 4. The van der Waals surface area contributed by atoms with Crippen molar-refractivity contribution in [3.8, 4) is 0 Å². The minimum atomic E-state index is -3.39. The first kappa shape index (κ1) is 21.7. The van der Waals surface area contributed by atoms with Gasteiger partial charge in [-0.1, -0.05) is 25.5 Å². The van der Waals surface area contributed by atoms with Gasteiger partial charge in [0.15, 0.2) is 5.96 Å². The van der Waals surface area contributed by atoms with Crippen LogP contribution in [0.15, 0.2) is 34.2 Å². The van der Waals surface area contributed by atoms with Crippen LogP contribution in [0.5, 0.6) is 0 Å². The van der Waals surface area contributed by atoms with Gasteiger partial charge >= 0.3 is 0 Å². The maximum absolute atomic E-state index is 12.2. The molecule has 0 aromatic heterocycles. The predicted molar refractivity (Wildman–Crippen MR) is 108 cm³/mol. The van der Waals surface area contributed by atoms with Crippen LogP contribution in [-0.2, 0) is 21.3 Å². The molecule has 7 nitrogen and oxygen atoms in total. The zero-order valence-corrected chi connectivity index (χ0v) is 17.1. The van der Waals surface area contributed by atoms with Crippen molar-refractivity contribution in [2.45, 2.75) is 56.5 Å². The smallest absolute Gasteiger partial charge is 0.240 e. The molecule has 1 aromatic rings. The molecule has 1 saturated carbocycles. The van der Waals surface area contributed by atoms with Gasteiger partial charge in [0.2, 0.25) is 10.0 Å². The van der Waals surface area contributed by atoms with Crippen LogP contribution in [0.4, 0.5) is 0 Å². The van der Waals surface area contributed by atoms with E-state index in [1.807, 2.05) is 12.1 Å². The van der Waals surface area contributed by atoms with Gasteiger partial charge in [0.25, 0.3) is 0 Å². The summed E-state index contributed by atoms with van der Waals surface area (Å²) in [6.45, 7) is 5.08. The van der Waals surface area contributed by atoms with Gasteiger partial charge < -0.3 is 15.4 Å². The van der Waals surface area contributed by atoms with Crippen LogP contribution in [0, 0.1) is 0 Å². The molecule has 1 aliphatic carbocycles. The topological polar surface area (TPSA) is 91.8 Å². The highest BCUT2D eigenvalue weighted by molar-refractivity contribution is 7.89. The number of nitrogens with zero attached hydrogens (tertiary/aromatic N) is 1. The molecule has 0 bridgehead atoms. The van der Waals surface area contributed by atoms with E-state index in [2.05, 4.69) is 27.3 Å². The molecule has 0 heterocycles. The van der Waals surface area contributed by atoms with Crippen molar-refractivity contribution in [2.75, 3.05) is 26.8 Å². The van der Waals surface area contributed by atoms with Crippen molar-refractivity contribution in [2.24, 2.45) is 4.99 Å². The summed E-state index contributed by atoms with van der Waals surface area (Å²) in [6, 6.07) is 7.05. The molecule has 2 rings (SSSR count). The molecule has 3 N–H and O–H groups in total. The lowest BCUT2D eigenvalue weighted by Gasteiger charge is -2.12. The molecule has 152 valence electrons. The zero-order chi connectivity index (χ0) is 19.5. The van der Waals surface area contributed by atoms with Crippen LogP contribution in [0.2, 0.25) is 0 Å².